The van der Waals surface area contributed by atoms with E-state index in [1.807, 2.05) is 24.3 Å². The summed E-state index contributed by atoms with van der Waals surface area (Å²) >= 11 is 5.03. The summed E-state index contributed by atoms with van der Waals surface area (Å²) in [6.45, 7) is 4.54. The first-order valence-corrected chi connectivity index (χ1v) is 7.73. The van der Waals surface area contributed by atoms with Crippen LogP contribution in [0.15, 0.2) is 66.3 Å². The fourth-order valence-electron chi connectivity index (χ4n) is 1.80. The van der Waals surface area contributed by atoms with Crippen LogP contribution in [-0.2, 0) is 6.61 Å². The summed E-state index contributed by atoms with van der Waals surface area (Å²) in [5, 5.41) is 7.39. The molecule has 2 aromatic carbocycles. The van der Waals surface area contributed by atoms with E-state index in [0.717, 1.165) is 11.1 Å². The fourth-order valence-corrected chi connectivity index (χ4v) is 1.94. The van der Waals surface area contributed by atoms with Crippen LogP contribution in [0.1, 0.15) is 11.1 Å². The molecule has 0 aromatic heterocycles. The van der Waals surface area contributed by atoms with Crippen molar-refractivity contribution >= 4 is 23.5 Å². The molecule has 0 saturated carbocycles. The zero-order chi connectivity index (χ0) is 17.2. The zero-order valence-corrected chi connectivity index (χ0v) is 13.9. The molecule has 0 saturated heterocycles. The minimum atomic E-state index is -0.259. The topological polar surface area (TPSA) is 45.7 Å². The van der Waals surface area contributed by atoms with Gasteiger partial charge in [0.15, 0.2) is 5.11 Å². The van der Waals surface area contributed by atoms with Gasteiger partial charge in [-0.3, -0.25) is 5.43 Å². The Morgan fingerprint density at radius 3 is 2.79 bits per heavy atom. The molecule has 0 aliphatic heterocycles. The number of nitrogens with one attached hydrogen (secondary N) is 2. The summed E-state index contributed by atoms with van der Waals surface area (Å²) in [5.41, 5.74) is 4.48. The van der Waals surface area contributed by atoms with E-state index in [4.69, 9.17) is 17.0 Å². The van der Waals surface area contributed by atoms with E-state index < -0.39 is 0 Å². The lowest BCUT2D eigenvalue weighted by atomic mass is 10.2. The van der Waals surface area contributed by atoms with E-state index in [0.29, 0.717) is 24.0 Å². The summed E-state index contributed by atoms with van der Waals surface area (Å²) in [6, 6.07) is 13.7. The number of hydrogen-bond acceptors (Lipinski definition) is 3. The first-order chi connectivity index (χ1) is 11.7. The zero-order valence-electron chi connectivity index (χ0n) is 13.0. The van der Waals surface area contributed by atoms with Gasteiger partial charge in [0.2, 0.25) is 0 Å². The number of benzene rings is 2. The van der Waals surface area contributed by atoms with E-state index in [1.165, 1.54) is 12.1 Å². The van der Waals surface area contributed by atoms with Crippen LogP contribution in [0.5, 0.6) is 5.75 Å². The van der Waals surface area contributed by atoms with Gasteiger partial charge in [-0.1, -0.05) is 30.3 Å². The lowest BCUT2D eigenvalue weighted by Crippen LogP contribution is -2.31. The van der Waals surface area contributed by atoms with Crippen LogP contribution in [0, 0.1) is 5.82 Å². The van der Waals surface area contributed by atoms with Crippen molar-refractivity contribution in [2.45, 2.75) is 6.61 Å². The van der Waals surface area contributed by atoms with Gasteiger partial charge in [0.05, 0.1) is 6.21 Å². The van der Waals surface area contributed by atoms with Crippen molar-refractivity contribution in [2.24, 2.45) is 5.10 Å². The molecule has 0 fully saturated rings. The van der Waals surface area contributed by atoms with Crippen molar-refractivity contribution in [3.05, 3.63) is 78.1 Å². The summed E-state index contributed by atoms with van der Waals surface area (Å²) in [7, 11) is 0. The van der Waals surface area contributed by atoms with E-state index in [1.54, 1.807) is 24.4 Å². The third-order valence-corrected chi connectivity index (χ3v) is 3.20. The Morgan fingerprint density at radius 1 is 1.25 bits per heavy atom. The van der Waals surface area contributed by atoms with Crippen LogP contribution in [0.3, 0.4) is 0 Å². The van der Waals surface area contributed by atoms with Crippen molar-refractivity contribution in [3.63, 3.8) is 0 Å². The first kappa shape index (κ1) is 17.6. The van der Waals surface area contributed by atoms with Gasteiger partial charge in [-0.05, 0) is 47.6 Å². The van der Waals surface area contributed by atoms with E-state index in [9.17, 15) is 4.39 Å². The van der Waals surface area contributed by atoms with Crippen molar-refractivity contribution in [2.75, 3.05) is 6.54 Å². The molecular weight excluding hydrogens is 325 g/mol. The van der Waals surface area contributed by atoms with Gasteiger partial charge in [-0.2, -0.15) is 5.10 Å². The smallest absolute Gasteiger partial charge is 0.187 e. The Kier molecular flexibility index (Phi) is 6.91. The van der Waals surface area contributed by atoms with Gasteiger partial charge < -0.3 is 10.1 Å². The van der Waals surface area contributed by atoms with Gasteiger partial charge in [-0.15, -0.1) is 6.58 Å². The predicted molar refractivity (Wildman–Crippen MR) is 98.7 cm³/mol. The van der Waals surface area contributed by atoms with Crippen molar-refractivity contribution in [1.29, 1.82) is 0 Å². The highest BCUT2D eigenvalue weighted by Crippen LogP contribution is 2.14. The second-order valence-corrected chi connectivity index (χ2v) is 5.26. The van der Waals surface area contributed by atoms with E-state index >= 15 is 0 Å². The van der Waals surface area contributed by atoms with Crippen LogP contribution >= 0.6 is 12.2 Å². The Labute approximate surface area is 146 Å². The number of nitrogens with zero attached hydrogens (tertiary/aromatic N) is 1. The van der Waals surface area contributed by atoms with E-state index in [2.05, 4.69) is 22.4 Å². The molecule has 2 aromatic rings. The Bertz CT molecular complexity index is 716. The Hall–Kier alpha value is -2.73. The molecule has 4 nitrogen and oxygen atoms in total. The van der Waals surface area contributed by atoms with Crippen LogP contribution in [-0.4, -0.2) is 17.9 Å². The van der Waals surface area contributed by atoms with Crippen LogP contribution in [0.25, 0.3) is 0 Å². The maximum absolute atomic E-state index is 12.9. The van der Waals surface area contributed by atoms with Gasteiger partial charge in [0, 0.05) is 6.54 Å². The molecule has 0 aliphatic carbocycles. The van der Waals surface area contributed by atoms with Crippen LogP contribution in [0.2, 0.25) is 0 Å². The second kappa shape index (κ2) is 9.42. The van der Waals surface area contributed by atoms with Gasteiger partial charge >= 0.3 is 0 Å². The second-order valence-electron chi connectivity index (χ2n) is 4.86. The SMILES string of the molecule is C=CCNC(=S)N/N=C/c1cccc(OCc2ccc(F)cc2)c1. The molecule has 0 heterocycles. The highest BCUT2D eigenvalue weighted by Gasteiger charge is 1.98. The molecule has 124 valence electrons. The summed E-state index contributed by atoms with van der Waals surface area (Å²) in [4.78, 5) is 0. The van der Waals surface area contributed by atoms with Gasteiger partial charge in [0.25, 0.3) is 0 Å². The molecule has 6 heteroatoms. The fraction of sp³-hybridized carbons (Fsp3) is 0.111. The molecule has 0 bridgehead atoms. The average molecular weight is 343 g/mol. The van der Waals surface area contributed by atoms with Crippen molar-refractivity contribution in [3.8, 4) is 5.75 Å². The molecule has 0 amide bonds. The number of hydrazone groups is 1. The number of hydrogen-bond donors (Lipinski definition) is 2. The van der Waals surface area contributed by atoms with E-state index in [-0.39, 0.29) is 5.82 Å². The number of halogens is 1. The summed E-state index contributed by atoms with van der Waals surface area (Å²) < 4.78 is 18.6. The van der Waals surface area contributed by atoms with Gasteiger partial charge in [-0.25, -0.2) is 4.39 Å². The molecule has 0 spiro atoms. The quantitative estimate of drug-likeness (QED) is 0.350. The highest BCUT2D eigenvalue weighted by molar-refractivity contribution is 7.80. The van der Waals surface area contributed by atoms with Crippen molar-refractivity contribution < 1.29 is 9.13 Å². The Balaban J connectivity index is 1.87. The molecule has 24 heavy (non-hydrogen) atoms. The molecule has 0 radical (unpaired) electrons. The van der Waals surface area contributed by atoms with Crippen LogP contribution in [0.4, 0.5) is 4.39 Å². The normalized spacial score (nSPS) is 10.4. The molecule has 2 N–H and O–H groups in total. The number of rotatable bonds is 7. The first-order valence-electron chi connectivity index (χ1n) is 7.32. The third kappa shape index (κ3) is 6.18. The molecule has 0 aliphatic rings. The third-order valence-electron chi connectivity index (χ3n) is 2.96. The lowest BCUT2D eigenvalue weighted by molar-refractivity contribution is 0.306. The number of ether oxygens (including phenoxy) is 1. The molecule has 2 rings (SSSR count). The molecule has 0 unspecified atom stereocenters. The predicted octanol–water partition coefficient (Wildman–Crippen LogP) is 3.39. The molecular formula is C18H18FN3OS. The Morgan fingerprint density at radius 2 is 2.04 bits per heavy atom. The van der Waals surface area contributed by atoms with Crippen LogP contribution < -0.4 is 15.5 Å². The summed E-state index contributed by atoms with van der Waals surface area (Å²) in [6.07, 6.45) is 3.35. The molecule has 0 atom stereocenters. The van der Waals surface area contributed by atoms with Crippen molar-refractivity contribution in [1.82, 2.24) is 10.7 Å². The maximum atomic E-state index is 12.9. The highest BCUT2D eigenvalue weighted by atomic mass is 32.1. The minimum Gasteiger partial charge on any atom is -0.489 e. The number of thiocarbonyl (C=S) groups is 1. The summed E-state index contributed by atoms with van der Waals surface area (Å²) in [5.74, 6) is 0.445. The van der Waals surface area contributed by atoms with Gasteiger partial charge in [0.1, 0.15) is 18.2 Å². The maximum Gasteiger partial charge on any atom is 0.187 e. The lowest BCUT2D eigenvalue weighted by Gasteiger charge is -2.07. The standard InChI is InChI=1S/C18H18FN3OS/c1-2-10-20-18(24)22-21-12-15-4-3-5-17(11-15)23-13-14-6-8-16(19)9-7-14/h2-9,11-12H,1,10,13H2,(H2,20,22,24)/b21-12+. The largest absolute Gasteiger partial charge is 0.489 e. The average Bonchev–Trinajstić information content (AvgIpc) is 2.60. The monoisotopic (exact) mass is 343 g/mol. The minimum absolute atomic E-state index is 0.259.